The van der Waals surface area contributed by atoms with Gasteiger partial charge in [-0.1, -0.05) is 70.5 Å². The first-order chi connectivity index (χ1) is 17.1. The molecule has 0 saturated carbocycles. The minimum atomic E-state index is -0.479. The summed E-state index contributed by atoms with van der Waals surface area (Å²) in [4.78, 5) is 26.5. The summed E-state index contributed by atoms with van der Waals surface area (Å²) in [7, 11) is 0. The maximum atomic E-state index is 13.3. The van der Waals surface area contributed by atoms with E-state index in [1.54, 1.807) is 12.1 Å². The number of ether oxygens (including phenoxy) is 1. The van der Waals surface area contributed by atoms with Gasteiger partial charge in [-0.3, -0.25) is 9.59 Å². The van der Waals surface area contributed by atoms with E-state index in [-0.39, 0.29) is 18.4 Å². The minimum absolute atomic E-state index is 0.0936. The molecule has 7 heteroatoms. The van der Waals surface area contributed by atoms with Crippen LogP contribution in [0.5, 0.6) is 5.75 Å². The molecule has 0 aromatic heterocycles. The molecule has 0 radical (unpaired) electrons. The number of carbonyl (C=O) groups excluding carboxylic acids is 2. The number of hydrogen-bond donors (Lipinski definition) is 2. The molecule has 0 aliphatic carbocycles. The molecule has 2 N–H and O–H groups in total. The van der Waals surface area contributed by atoms with Crippen LogP contribution in [0.3, 0.4) is 0 Å². The zero-order chi connectivity index (χ0) is 24.5. The maximum absolute atomic E-state index is 13.3. The molecule has 176 valence electrons. The van der Waals surface area contributed by atoms with Gasteiger partial charge in [0, 0.05) is 20.7 Å². The van der Waals surface area contributed by atoms with Crippen LogP contribution in [0.15, 0.2) is 119 Å². The Bertz CT molecular complexity index is 1270. The second-order valence-electron chi connectivity index (χ2n) is 7.58. The van der Waals surface area contributed by atoms with Crippen molar-refractivity contribution >= 4 is 50.9 Å². The fraction of sp³-hybridized carbons (Fsp3) is 0.0714. The van der Waals surface area contributed by atoms with Gasteiger partial charge < -0.3 is 15.4 Å². The monoisotopic (exact) mass is 546 g/mol. The lowest BCUT2D eigenvalue weighted by Gasteiger charge is -2.18. The van der Waals surface area contributed by atoms with E-state index < -0.39 is 5.25 Å². The molecular formula is C28H23BrN2O3S. The third-order valence-electron chi connectivity index (χ3n) is 4.94. The van der Waals surface area contributed by atoms with E-state index in [4.69, 9.17) is 4.74 Å². The molecule has 0 aliphatic heterocycles. The first kappa shape index (κ1) is 24.6. The molecule has 0 fully saturated rings. The number of amides is 2. The lowest BCUT2D eigenvalue weighted by atomic mass is 10.1. The first-order valence-corrected chi connectivity index (χ1v) is 12.6. The first-order valence-electron chi connectivity index (χ1n) is 10.9. The highest BCUT2D eigenvalue weighted by atomic mass is 79.9. The smallest absolute Gasteiger partial charge is 0.262 e. The van der Waals surface area contributed by atoms with Crippen LogP contribution in [0.2, 0.25) is 0 Å². The summed E-state index contributed by atoms with van der Waals surface area (Å²) in [5.74, 6) is 0.243. The van der Waals surface area contributed by atoms with Crippen molar-refractivity contribution in [1.82, 2.24) is 0 Å². The molecule has 1 atom stereocenters. The van der Waals surface area contributed by atoms with Crippen molar-refractivity contribution in [2.45, 2.75) is 10.1 Å². The quantitative estimate of drug-likeness (QED) is 0.223. The minimum Gasteiger partial charge on any atom is -0.484 e. The zero-order valence-electron chi connectivity index (χ0n) is 18.7. The summed E-state index contributed by atoms with van der Waals surface area (Å²) in [6.07, 6.45) is 0. The van der Waals surface area contributed by atoms with Crippen molar-refractivity contribution in [3.05, 3.63) is 119 Å². The van der Waals surface area contributed by atoms with E-state index in [1.165, 1.54) is 11.8 Å². The van der Waals surface area contributed by atoms with E-state index in [1.807, 2.05) is 97.1 Å². The van der Waals surface area contributed by atoms with E-state index >= 15 is 0 Å². The predicted molar refractivity (Wildman–Crippen MR) is 145 cm³/mol. The fourth-order valence-corrected chi connectivity index (χ4v) is 4.64. The molecule has 4 rings (SSSR count). The summed E-state index contributed by atoms with van der Waals surface area (Å²) in [6, 6.07) is 33.7. The Kier molecular flexibility index (Phi) is 8.59. The van der Waals surface area contributed by atoms with Crippen LogP contribution < -0.4 is 15.4 Å². The van der Waals surface area contributed by atoms with E-state index in [2.05, 4.69) is 26.6 Å². The van der Waals surface area contributed by atoms with E-state index in [0.717, 1.165) is 20.6 Å². The van der Waals surface area contributed by atoms with Gasteiger partial charge in [-0.15, -0.1) is 11.8 Å². The number of hydrogen-bond acceptors (Lipinski definition) is 4. The molecule has 2 amide bonds. The molecule has 1 unspecified atom stereocenters. The van der Waals surface area contributed by atoms with Crippen LogP contribution in [-0.2, 0) is 9.59 Å². The van der Waals surface area contributed by atoms with Crippen LogP contribution in [0.4, 0.5) is 11.4 Å². The van der Waals surface area contributed by atoms with Crippen molar-refractivity contribution in [2.75, 3.05) is 17.2 Å². The van der Waals surface area contributed by atoms with E-state index in [0.29, 0.717) is 11.4 Å². The SMILES string of the molecule is O=C(COc1ccccc1)Nc1cccc(SC(C(=O)Nc2ccc(Br)cc2)c2ccccc2)c1. The standard InChI is InChI=1S/C28H23BrN2O3S/c29-21-14-16-22(17-15-21)31-28(33)27(20-8-3-1-4-9-20)35-25-13-7-10-23(18-25)30-26(32)19-34-24-11-5-2-6-12-24/h1-18,27H,19H2,(H,30,32)(H,31,33). The van der Waals surface area contributed by atoms with Crippen LogP contribution in [0.25, 0.3) is 0 Å². The van der Waals surface area contributed by atoms with Crippen molar-refractivity contribution in [3.8, 4) is 5.75 Å². The summed E-state index contributed by atoms with van der Waals surface area (Å²) in [6.45, 7) is -0.0936. The van der Waals surface area contributed by atoms with Crippen LogP contribution in [0.1, 0.15) is 10.8 Å². The van der Waals surface area contributed by atoms with Crippen molar-refractivity contribution < 1.29 is 14.3 Å². The van der Waals surface area contributed by atoms with Crippen LogP contribution >= 0.6 is 27.7 Å². The number of nitrogens with one attached hydrogen (secondary N) is 2. The zero-order valence-corrected chi connectivity index (χ0v) is 21.1. The average molecular weight is 547 g/mol. The normalized spacial score (nSPS) is 11.3. The summed E-state index contributed by atoms with van der Waals surface area (Å²) in [5.41, 5.74) is 2.24. The molecular weight excluding hydrogens is 524 g/mol. The number of halogens is 1. The number of rotatable bonds is 9. The number of thioether (sulfide) groups is 1. The van der Waals surface area contributed by atoms with Crippen LogP contribution in [0, 0.1) is 0 Å². The Morgan fingerprint density at radius 3 is 2.17 bits per heavy atom. The highest BCUT2D eigenvalue weighted by molar-refractivity contribution is 9.10. The molecule has 0 heterocycles. The average Bonchev–Trinajstić information content (AvgIpc) is 2.89. The van der Waals surface area contributed by atoms with Gasteiger partial charge in [-0.25, -0.2) is 0 Å². The van der Waals surface area contributed by atoms with Gasteiger partial charge in [0.25, 0.3) is 5.91 Å². The van der Waals surface area contributed by atoms with Crippen molar-refractivity contribution in [2.24, 2.45) is 0 Å². The molecule has 35 heavy (non-hydrogen) atoms. The Morgan fingerprint density at radius 1 is 0.771 bits per heavy atom. The second kappa shape index (κ2) is 12.2. The van der Waals surface area contributed by atoms with Crippen molar-refractivity contribution in [3.63, 3.8) is 0 Å². The summed E-state index contributed by atoms with van der Waals surface area (Å²) < 4.78 is 6.46. The molecule has 5 nitrogen and oxygen atoms in total. The van der Waals surface area contributed by atoms with Gasteiger partial charge in [0.1, 0.15) is 11.0 Å². The van der Waals surface area contributed by atoms with Gasteiger partial charge >= 0.3 is 0 Å². The lowest BCUT2D eigenvalue weighted by molar-refractivity contribution is -0.118. The molecule has 0 aliphatic rings. The van der Waals surface area contributed by atoms with Crippen molar-refractivity contribution in [1.29, 1.82) is 0 Å². The molecule has 0 bridgehead atoms. The van der Waals surface area contributed by atoms with Gasteiger partial charge in [0.15, 0.2) is 6.61 Å². The number of benzene rings is 4. The number of carbonyl (C=O) groups is 2. The topological polar surface area (TPSA) is 67.4 Å². The Morgan fingerprint density at radius 2 is 1.46 bits per heavy atom. The molecule has 4 aromatic carbocycles. The third kappa shape index (κ3) is 7.47. The van der Waals surface area contributed by atoms with Gasteiger partial charge in [-0.05, 0) is 60.2 Å². The van der Waals surface area contributed by atoms with E-state index in [9.17, 15) is 9.59 Å². The third-order valence-corrected chi connectivity index (χ3v) is 6.71. The number of para-hydroxylation sites is 1. The predicted octanol–water partition coefficient (Wildman–Crippen LogP) is 6.94. The largest absolute Gasteiger partial charge is 0.484 e. The molecule has 4 aromatic rings. The lowest BCUT2D eigenvalue weighted by Crippen LogP contribution is -2.20. The molecule has 0 saturated heterocycles. The highest BCUT2D eigenvalue weighted by Gasteiger charge is 2.22. The number of anilines is 2. The maximum Gasteiger partial charge on any atom is 0.262 e. The highest BCUT2D eigenvalue weighted by Crippen LogP contribution is 2.37. The summed E-state index contributed by atoms with van der Waals surface area (Å²) in [5, 5.41) is 5.38. The van der Waals surface area contributed by atoms with Gasteiger partial charge in [0.2, 0.25) is 5.91 Å². The fourth-order valence-electron chi connectivity index (χ4n) is 3.29. The molecule has 0 spiro atoms. The Balaban J connectivity index is 1.45. The summed E-state index contributed by atoms with van der Waals surface area (Å²) >= 11 is 4.83. The van der Waals surface area contributed by atoms with Gasteiger partial charge in [0.05, 0.1) is 0 Å². The van der Waals surface area contributed by atoms with Gasteiger partial charge in [-0.2, -0.15) is 0 Å². The van der Waals surface area contributed by atoms with Crippen LogP contribution in [-0.4, -0.2) is 18.4 Å². The Labute approximate surface area is 217 Å². The second-order valence-corrected chi connectivity index (χ2v) is 9.68. The Hall–Kier alpha value is -3.55.